The predicted octanol–water partition coefficient (Wildman–Crippen LogP) is 5.04. The van der Waals surface area contributed by atoms with Crippen LogP contribution >= 0.6 is 0 Å². The van der Waals surface area contributed by atoms with E-state index in [2.05, 4.69) is 0 Å². The van der Waals surface area contributed by atoms with E-state index in [1.54, 1.807) is 42.9 Å². The molecule has 21 heavy (non-hydrogen) atoms. The van der Waals surface area contributed by atoms with Crippen LogP contribution in [0.3, 0.4) is 0 Å². The molecule has 2 aromatic rings. The molecular formula is C20H28N+. The van der Waals surface area contributed by atoms with Crippen LogP contribution in [-0.2, 0) is 7.05 Å². The van der Waals surface area contributed by atoms with Gasteiger partial charge < -0.3 is 0 Å². The molecule has 1 aromatic heterocycles. The van der Waals surface area contributed by atoms with E-state index in [0.717, 1.165) is 16.8 Å². The molecule has 1 aromatic carbocycles. The molecule has 0 saturated carbocycles. The molecule has 1 nitrogen and oxygen atoms in total. The minimum atomic E-state index is -2.46. The van der Waals surface area contributed by atoms with Gasteiger partial charge in [-0.25, -0.2) is 4.57 Å². The molecule has 0 aliphatic rings. The fourth-order valence-electron chi connectivity index (χ4n) is 2.59. The highest BCUT2D eigenvalue weighted by Crippen LogP contribution is 2.27. The lowest BCUT2D eigenvalue weighted by atomic mass is 9.94. The van der Waals surface area contributed by atoms with Gasteiger partial charge in [-0.2, -0.15) is 0 Å². The molecule has 2 unspecified atom stereocenters. The summed E-state index contributed by atoms with van der Waals surface area (Å²) in [4.78, 5) is 0. The van der Waals surface area contributed by atoms with E-state index in [9.17, 15) is 0 Å². The van der Waals surface area contributed by atoms with Crippen molar-refractivity contribution in [3.8, 4) is 11.3 Å². The smallest absolute Gasteiger partial charge is 0.201 e. The van der Waals surface area contributed by atoms with Crippen LogP contribution < -0.4 is 4.57 Å². The van der Waals surface area contributed by atoms with Gasteiger partial charge in [0.15, 0.2) is 6.20 Å². The van der Waals surface area contributed by atoms with Crippen LogP contribution in [0.15, 0.2) is 30.5 Å². The maximum atomic E-state index is 8.38. The lowest BCUT2D eigenvalue weighted by Crippen LogP contribution is -2.32. The Kier molecular flexibility index (Phi) is 2.32. The third-order valence-electron chi connectivity index (χ3n) is 3.82. The van der Waals surface area contributed by atoms with Gasteiger partial charge in [0.2, 0.25) is 5.69 Å². The number of hydrogen-bond acceptors (Lipinski definition) is 0. The number of benzene rings is 1. The summed E-state index contributed by atoms with van der Waals surface area (Å²) in [5.74, 6) is -3.45. The Balaban J connectivity index is 2.59. The second kappa shape index (κ2) is 6.01. The largest absolute Gasteiger partial charge is 0.212 e. The molecule has 0 aliphatic carbocycles. The van der Waals surface area contributed by atoms with Crippen molar-refractivity contribution in [3.05, 3.63) is 52.7 Å². The number of aryl methyl sites for hydroxylation is 3. The molecular weight excluding hydrogens is 254 g/mol. The second-order valence-corrected chi connectivity index (χ2v) is 5.65. The zero-order valence-corrected chi connectivity index (χ0v) is 13.3. The molecule has 2 rings (SSSR count). The molecule has 0 amide bonds. The first-order valence-corrected chi connectivity index (χ1v) is 7.03. The van der Waals surface area contributed by atoms with Gasteiger partial charge in [0.25, 0.3) is 0 Å². The first-order chi connectivity index (χ1) is 12.9. The highest BCUT2D eigenvalue weighted by molar-refractivity contribution is 5.62. The van der Waals surface area contributed by atoms with Crippen molar-refractivity contribution in [3.63, 3.8) is 0 Å². The van der Waals surface area contributed by atoms with Crippen molar-refractivity contribution in [2.24, 2.45) is 7.05 Å². The number of nitrogens with zero attached hydrogens (tertiary/aromatic N) is 1. The first kappa shape index (κ1) is 8.12. The maximum Gasteiger partial charge on any atom is 0.212 e. The zero-order valence-electron chi connectivity index (χ0n) is 21.3. The normalized spacial score (nSPS) is 23.9. The summed E-state index contributed by atoms with van der Waals surface area (Å²) >= 11 is 0. The standard InChI is InChI=1S/C20H28N/c1-13(2)17-8-9-18(15(5)10-17)20-11-16(6)19(14(3)4)12-21(20)7/h8-14H,1-7H3/q+1/i1D3,3D3,13D,14D. The van der Waals surface area contributed by atoms with E-state index in [1.165, 1.54) is 13.8 Å². The number of pyridine rings is 1. The van der Waals surface area contributed by atoms with E-state index in [4.69, 9.17) is 11.0 Å². The summed E-state index contributed by atoms with van der Waals surface area (Å²) in [5, 5.41) is 0. The van der Waals surface area contributed by atoms with Crippen LogP contribution in [0.1, 0.15) is 72.6 Å². The lowest BCUT2D eigenvalue weighted by Gasteiger charge is -2.13. The number of rotatable bonds is 3. The van der Waals surface area contributed by atoms with Crippen LogP contribution in [0, 0.1) is 13.8 Å². The summed E-state index contributed by atoms with van der Waals surface area (Å²) in [5.41, 5.74) is 4.03. The number of aromatic nitrogens is 1. The van der Waals surface area contributed by atoms with Crippen molar-refractivity contribution in [2.45, 2.75) is 53.2 Å². The summed E-state index contributed by atoms with van der Waals surface area (Å²) in [6.07, 6.45) is 1.68. The Hall–Kier alpha value is -1.63. The first-order valence-electron chi connectivity index (χ1n) is 11.0. The van der Waals surface area contributed by atoms with E-state index in [-0.39, 0.29) is 0 Å². The van der Waals surface area contributed by atoms with Crippen molar-refractivity contribution < 1.29 is 15.5 Å². The van der Waals surface area contributed by atoms with Crippen molar-refractivity contribution in [1.82, 2.24) is 0 Å². The van der Waals surface area contributed by atoms with E-state index < -0.39 is 25.5 Å². The molecule has 2 atom stereocenters. The third kappa shape index (κ3) is 3.18. The third-order valence-corrected chi connectivity index (χ3v) is 3.82. The SMILES string of the molecule is [2H]C([2H])([2H])C([2H])(C)c1ccc(-c2cc(C)c(C([2H])(C)C([2H])([2H])[2H])c[n+]2C)c(C)c1. The highest BCUT2D eigenvalue weighted by atomic mass is 14.9. The molecule has 0 spiro atoms. The zero-order chi connectivity index (χ0) is 22.6. The summed E-state index contributed by atoms with van der Waals surface area (Å²) in [6, 6.07) is 7.01. The van der Waals surface area contributed by atoms with Crippen LogP contribution in [0.4, 0.5) is 0 Å². The van der Waals surface area contributed by atoms with E-state index in [1.807, 2.05) is 13.0 Å². The predicted molar refractivity (Wildman–Crippen MR) is 90.7 cm³/mol. The van der Waals surface area contributed by atoms with E-state index >= 15 is 0 Å². The fraction of sp³-hybridized carbons (Fsp3) is 0.450. The van der Waals surface area contributed by atoms with Gasteiger partial charge in [-0.1, -0.05) is 39.7 Å². The van der Waals surface area contributed by atoms with E-state index in [0.29, 0.717) is 16.7 Å². The Morgan fingerprint density at radius 2 is 1.76 bits per heavy atom. The van der Waals surface area contributed by atoms with Crippen LogP contribution in [0.5, 0.6) is 0 Å². The minimum Gasteiger partial charge on any atom is -0.201 e. The van der Waals surface area contributed by atoms with Gasteiger partial charge in [0.05, 0.1) is 0 Å². The average molecular weight is 290 g/mol. The minimum absolute atomic E-state index is 0.413. The molecule has 0 aliphatic heterocycles. The van der Waals surface area contributed by atoms with Crippen LogP contribution in [0.2, 0.25) is 0 Å². The maximum absolute atomic E-state index is 8.38. The topological polar surface area (TPSA) is 3.88 Å². The Bertz CT molecular complexity index is 923. The molecule has 1 heteroatoms. The van der Waals surface area contributed by atoms with Gasteiger partial charge >= 0.3 is 0 Å². The number of hydrogen-bond donors (Lipinski definition) is 0. The fourth-order valence-corrected chi connectivity index (χ4v) is 2.59. The molecule has 0 radical (unpaired) electrons. The van der Waals surface area contributed by atoms with Crippen molar-refractivity contribution in [1.29, 1.82) is 0 Å². The quantitative estimate of drug-likeness (QED) is 0.697. The van der Waals surface area contributed by atoms with Gasteiger partial charge in [-0.15, -0.1) is 0 Å². The van der Waals surface area contributed by atoms with Gasteiger partial charge in [-0.05, 0) is 48.4 Å². The Morgan fingerprint density at radius 1 is 1.05 bits per heavy atom. The monoisotopic (exact) mass is 290 g/mol. The second-order valence-electron chi connectivity index (χ2n) is 5.65. The van der Waals surface area contributed by atoms with Crippen molar-refractivity contribution >= 4 is 0 Å². The summed E-state index contributed by atoms with van der Waals surface area (Å²) in [7, 11) is 1.79. The van der Waals surface area contributed by atoms with Gasteiger partial charge in [-0.3, -0.25) is 0 Å². The summed E-state index contributed by atoms with van der Waals surface area (Å²) < 4.78 is 64.4. The Labute approximate surface area is 140 Å². The Morgan fingerprint density at radius 3 is 2.38 bits per heavy atom. The van der Waals surface area contributed by atoms with Crippen LogP contribution in [-0.4, -0.2) is 0 Å². The molecule has 0 N–H and O–H groups in total. The molecule has 1 heterocycles. The van der Waals surface area contributed by atoms with Gasteiger partial charge in [0.1, 0.15) is 7.05 Å². The lowest BCUT2D eigenvalue weighted by molar-refractivity contribution is -0.660. The average Bonchev–Trinajstić information content (AvgIpc) is 2.54. The molecule has 0 saturated heterocycles. The summed E-state index contributed by atoms with van der Waals surface area (Å²) in [6.45, 7) is 1.52. The molecule has 0 bridgehead atoms. The van der Waals surface area contributed by atoms with Crippen molar-refractivity contribution in [2.75, 3.05) is 0 Å². The highest BCUT2D eigenvalue weighted by Gasteiger charge is 2.17. The molecule has 0 fully saturated rings. The van der Waals surface area contributed by atoms with Crippen LogP contribution in [0.25, 0.3) is 11.3 Å². The van der Waals surface area contributed by atoms with Gasteiger partial charge in [0, 0.05) is 28.2 Å². The molecule has 112 valence electrons.